The Bertz CT molecular complexity index is 95.2. The van der Waals surface area contributed by atoms with E-state index in [0.29, 0.717) is 12.2 Å². The van der Waals surface area contributed by atoms with E-state index >= 15 is 0 Å². The summed E-state index contributed by atoms with van der Waals surface area (Å²) in [5, 5.41) is 3.21. The molecule has 2 heterocycles. The van der Waals surface area contributed by atoms with Gasteiger partial charge in [-0.05, 0) is 0 Å². The van der Waals surface area contributed by atoms with Crippen LogP contribution in [0.4, 0.5) is 0 Å². The lowest BCUT2D eigenvalue weighted by molar-refractivity contribution is -0.116. The molecule has 0 bridgehead atoms. The molecule has 1 N–H and O–H groups in total. The zero-order chi connectivity index (χ0) is 6.10. The molecule has 3 nitrogen and oxygen atoms in total. The maximum Gasteiger partial charge on any atom is 0.0974 e. The normalized spacial score (nSPS) is 42.7. The van der Waals surface area contributed by atoms with Crippen LogP contribution in [-0.4, -0.2) is 38.5 Å². The van der Waals surface area contributed by atoms with Crippen LogP contribution in [0.3, 0.4) is 0 Å². The average molecular weight is 129 g/mol. The molecule has 2 atom stereocenters. The lowest BCUT2D eigenvalue weighted by Gasteiger charge is -2.24. The lowest BCUT2D eigenvalue weighted by atomic mass is 10.2. The fraction of sp³-hybridized carbons (Fsp3) is 1.00. The first kappa shape index (κ1) is 5.65. The first-order valence-electron chi connectivity index (χ1n) is 3.41. The topological polar surface area (TPSA) is 30.5 Å². The molecule has 3 heteroatoms. The molecular formula is C6H11NO2. The third-order valence-corrected chi connectivity index (χ3v) is 1.85. The molecule has 9 heavy (non-hydrogen) atoms. The molecule has 1 unspecified atom stereocenters. The molecular weight excluding hydrogens is 118 g/mol. The van der Waals surface area contributed by atoms with Crippen molar-refractivity contribution in [2.45, 2.75) is 12.2 Å². The maximum absolute atomic E-state index is 5.41. The van der Waals surface area contributed by atoms with Crippen molar-refractivity contribution in [1.82, 2.24) is 5.32 Å². The predicted octanol–water partition coefficient (Wildman–Crippen LogP) is -0.626. The molecule has 2 aliphatic rings. The van der Waals surface area contributed by atoms with Crippen molar-refractivity contribution >= 4 is 0 Å². The van der Waals surface area contributed by atoms with Crippen molar-refractivity contribution in [1.29, 1.82) is 0 Å². The maximum atomic E-state index is 5.41. The number of fused-ring (bicyclic) bond motifs is 1. The fourth-order valence-electron chi connectivity index (χ4n) is 1.36. The molecule has 2 saturated heterocycles. The van der Waals surface area contributed by atoms with E-state index in [1.165, 1.54) is 0 Å². The summed E-state index contributed by atoms with van der Waals surface area (Å²) in [7, 11) is 0. The molecule has 0 amide bonds. The second kappa shape index (κ2) is 2.25. The number of hydrogen-bond donors (Lipinski definition) is 1. The minimum Gasteiger partial charge on any atom is -0.372 e. The molecule has 2 fully saturated rings. The predicted molar refractivity (Wildman–Crippen MR) is 32.3 cm³/mol. The second-order valence-corrected chi connectivity index (χ2v) is 2.48. The zero-order valence-corrected chi connectivity index (χ0v) is 5.30. The van der Waals surface area contributed by atoms with Crippen LogP contribution in [0.5, 0.6) is 0 Å². The monoisotopic (exact) mass is 129 g/mol. The van der Waals surface area contributed by atoms with E-state index in [-0.39, 0.29) is 0 Å². The molecule has 0 aliphatic carbocycles. The SMILES string of the molecule is C1CO[C@@H]2CNCC2O1. The van der Waals surface area contributed by atoms with Gasteiger partial charge in [0.05, 0.1) is 25.4 Å². The van der Waals surface area contributed by atoms with Gasteiger partial charge in [-0.25, -0.2) is 0 Å². The molecule has 2 rings (SSSR count). The van der Waals surface area contributed by atoms with Crippen LogP contribution in [-0.2, 0) is 9.47 Å². The van der Waals surface area contributed by atoms with Gasteiger partial charge in [-0.3, -0.25) is 0 Å². The zero-order valence-electron chi connectivity index (χ0n) is 5.30. The summed E-state index contributed by atoms with van der Waals surface area (Å²) in [6, 6.07) is 0. The van der Waals surface area contributed by atoms with Gasteiger partial charge in [0.15, 0.2) is 0 Å². The number of ether oxygens (including phenoxy) is 2. The lowest BCUT2D eigenvalue weighted by Crippen LogP contribution is -2.36. The summed E-state index contributed by atoms with van der Waals surface area (Å²) < 4.78 is 10.8. The highest BCUT2D eigenvalue weighted by atomic mass is 16.6. The van der Waals surface area contributed by atoms with Crippen molar-refractivity contribution in [2.24, 2.45) is 0 Å². The van der Waals surface area contributed by atoms with Crippen molar-refractivity contribution in [2.75, 3.05) is 26.3 Å². The Labute approximate surface area is 54.3 Å². The summed E-state index contributed by atoms with van der Waals surface area (Å²) in [5.41, 5.74) is 0. The summed E-state index contributed by atoms with van der Waals surface area (Å²) in [6.45, 7) is 3.46. The van der Waals surface area contributed by atoms with E-state index in [4.69, 9.17) is 9.47 Å². The third kappa shape index (κ3) is 0.956. The van der Waals surface area contributed by atoms with Gasteiger partial charge in [0.25, 0.3) is 0 Å². The quantitative estimate of drug-likeness (QED) is 0.472. The van der Waals surface area contributed by atoms with Gasteiger partial charge in [-0.15, -0.1) is 0 Å². The van der Waals surface area contributed by atoms with Crippen LogP contribution in [0.2, 0.25) is 0 Å². The van der Waals surface area contributed by atoms with Crippen molar-refractivity contribution in [3.05, 3.63) is 0 Å². The summed E-state index contributed by atoms with van der Waals surface area (Å²) in [6.07, 6.45) is 0.664. The fourth-order valence-corrected chi connectivity index (χ4v) is 1.36. The van der Waals surface area contributed by atoms with E-state index in [1.807, 2.05) is 0 Å². The molecule has 0 spiro atoms. The Morgan fingerprint density at radius 1 is 1.00 bits per heavy atom. The highest BCUT2D eigenvalue weighted by Gasteiger charge is 2.30. The van der Waals surface area contributed by atoms with E-state index in [1.54, 1.807) is 0 Å². The molecule has 0 aromatic heterocycles. The highest BCUT2D eigenvalue weighted by molar-refractivity contribution is 4.84. The molecule has 0 aromatic rings. The Hall–Kier alpha value is -0.120. The third-order valence-electron chi connectivity index (χ3n) is 1.85. The second-order valence-electron chi connectivity index (χ2n) is 2.48. The van der Waals surface area contributed by atoms with Crippen LogP contribution in [0.25, 0.3) is 0 Å². The Morgan fingerprint density at radius 3 is 2.11 bits per heavy atom. The Balaban J connectivity index is 1.97. The van der Waals surface area contributed by atoms with Crippen molar-refractivity contribution in [3.63, 3.8) is 0 Å². The molecule has 0 saturated carbocycles. The van der Waals surface area contributed by atoms with Gasteiger partial charge in [0.1, 0.15) is 0 Å². The smallest absolute Gasteiger partial charge is 0.0974 e. The van der Waals surface area contributed by atoms with Crippen LogP contribution >= 0.6 is 0 Å². The largest absolute Gasteiger partial charge is 0.372 e. The van der Waals surface area contributed by atoms with Crippen molar-refractivity contribution in [3.8, 4) is 0 Å². The average Bonchev–Trinajstić information content (AvgIpc) is 2.33. The van der Waals surface area contributed by atoms with Crippen molar-refractivity contribution < 1.29 is 9.47 Å². The van der Waals surface area contributed by atoms with Gasteiger partial charge in [0.2, 0.25) is 0 Å². The van der Waals surface area contributed by atoms with Crippen LogP contribution in [0.15, 0.2) is 0 Å². The Kier molecular flexibility index (Phi) is 1.41. The minimum absolute atomic E-state index is 0.332. The number of hydrogen-bond acceptors (Lipinski definition) is 3. The first-order chi connectivity index (χ1) is 4.47. The van der Waals surface area contributed by atoms with Crippen LogP contribution in [0, 0.1) is 0 Å². The summed E-state index contributed by atoms with van der Waals surface area (Å²) >= 11 is 0. The standard InChI is InChI=1S/C6H11NO2/c1-2-9-6-4-7-3-5(6)8-1/h5-7H,1-4H2/t5-,6?/m1/s1. The molecule has 52 valence electrons. The summed E-state index contributed by atoms with van der Waals surface area (Å²) in [5.74, 6) is 0. The molecule has 0 aromatic carbocycles. The molecule has 2 aliphatic heterocycles. The van der Waals surface area contributed by atoms with E-state index in [2.05, 4.69) is 5.32 Å². The first-order valence-corrected chi connectivity index (χ1v) is 3.41. The number of rotatable bonds is 0. The van der Waals surface area contributed by atoms with E-state index < -0.39 is 0 Å². The van der Waals surface area contributed by atoms with Crippen LogP contribution < -0.4 is 5.32 Å². The van der Waals surface area contributed by atoms with Crippen LogP contribution in [0.1, 0.15) is 0 Å². The van der Waals surface area contributed by atoms with Gasteiger partial charge < -0.3 is 14.8 Å². The number of nitrogens with one attached hydrogen (secondary N) is 1. The summed E-state index contributed by atoms with van der Waals surface area (Å²) in [4.78, 5) is 0. The van der Waals surface area contributed by atoms with Gasteiger partial charge >= 0.3 is 0 Å². The van der Waals surface area contributed by atoms with Gasteiger partial charge in [-0.2, -0.15) is 0 Å². The molecule has 0 radical (unpaired) electrons. The minimum atomic E-state index is 0.332. The van der Waals surface area contributed by atoms with Gasteiger partial charge in [0, 0.05) is 13.1 Å². The van der Waals surface area contributed by atoms with E-state index in [9.17, 15) is 0 Å². The van der Waals surface area contributed by atoms with E-state index in [0.717, 1.165) is 26.3 Å². The Morgan fingerprint density at radius 2 is 1.56 bits per heavy atom. The van der Waals surface area contributed by atoms with Gasteiger partial charge in [-0.1, -0.05) is 0 Å². The highest BCUT2D eigenvalue weighted by Crippen LogP contribution is 2.12.